The van der Waals surface area contributed by atoms with Crippen molar-refractivity contribution in [2.75, 3.05) is 6.61 Å². The highest BCUT2D eigenvalue weighted by Crippen LogP contribution is 2.18. The number of nitrogens with zero attached hydrogens (tertiary/aromatic N) is 3. The molecule has 3 rings (SSSR count). The van der Waals surface area contributed by atoms with Crippen LogP contribution in [0, 0.1) is 0 Å². The van der Waals surface area contributed by atoms with Crippen LogP contribution in [-0.4, -0.2) is 33.5 Å². The molecular formula is C18H21N3O2. The van der Waals surface area contributed by atoms with Crippen molar-refractivity contribution >= 4 is 5.91 Å². The average Bonchev–Trinajstić information content (AvgIpc) is 3.09. The Hall–Kier alpha value is -2.27. The second kappa shape index (κ2) is 7.83. The van der Waals surface area contributed by atoms with Crippen molar-refractivity contribution < 1.29 is 9.53 Å². The van der Waals surface area contributed by atoms with E-state index in [4.69, 9.17) is 4.74 Å². The van der Waals surface area contributed by atoms with E-state index in [9.17, 15) is 4.79 Å². The highest BCUT2D eigenvalue weighted by Gasteiger charge is 2.23. The molecule has 5 nitrogen and oxygen atoms in total. The summed E-state index contributed by atoms with van der Waals surface area (Å²) in [5.74, 6) is 0.123. The Balaban J connectivity index is 1.70. The highest BCUT2D eigenvalue weighted by atomic mass is 16.5. The van der Waals surface area contributed by atoms with Gasteiger partial charge in [-0.05, 0) is 42.2 Å². The Bertz CT molecular complexity index is 571. The fourth-order valence-corrected chi connectivity index (χ4v) is 2.78. The van der Waals surface area contributed by atoms with E-state index < -0.39 is 0 Å². The molecule has 2 aromatic heterocycles. The molecule has 23 heavy (non-hydrogen) atoms. The first kappa shape index (κ1) is 15.6. The van der Waals surface area contributed by atoms with Gasteiger partial charge in [-0.3, -0.25) is 14.8 Å². The maximum atomic E-state index is 12.7. The zero-order chi connectivity index (χ0) is 15.9. The minimum absolute atomic E-state index is 0.0661. The predicted octanol–water partition coefficient (Wildman–Crippen LogP) is 2.57. The molecule has 0 saturated carbocycles. The topological polar surface area (TPSA) is 55.3 Å². The second-order valence-corrected chi connectivity index (χ2v) is 5.81. The molecular weight excluding hydrogens is 290 g/mol. The van der Waals surface area contributed by atoms with Crippen LogP contribution in [0.15, 0.2) is 49.1 Å². The smallest absolute Gasteiger partial charge is 0.225 e. The molecule has 1 aliphatic heterocycles. The third-order valence-corrected chi connectivity index (χ3v) is 4.00. The number of carbonyl (C=O) groups is 1. The van der Waals surface area contributed by atoms with E-state index in [-0.39, 0.29) is 12.0 Å². The number of hydrogen-bond donors (Lipinski definition) is 0. The van der Waals surface area contributed by atoms with Gasteiger partial charge in [-0.1, -0.05) is 6.07 Å². The van der Waals surface area contributed by atoms with Crippen LogP contribution in [0.2, 0.25) is 0 Å². The lowest BCUT2D eigenvalue weighted by Gasteiger charge is -2.24. The molecule has 0 bridgehead atoms. The molecule has 1 atom stereocenters. The van der Waals surface area contributed by atoms with Crippen molar-refractivity contribution in [3.05, 3.63) is 60.2 Å². The standard InChI is InChI=1S/C18H21N3O2/c22-18(11-17-4-2-10-23-17)21(13-15-5-8-19-9-6-15)14-16-3-1-7-20-12-16/h1,3,5-9,12,17H,2,4,10-11,13-14H2/t17-/m0/s1. The molecule has 0 unspecified atom stereocenters. The molecule has 120 valence electrons. The van der Waals surface area contributed by atoms with Gasteiger partial charge in [-0.15, -0.1) is 0 Å². The molecule has 1 fully saturated rings. The zero-order valence-electron chi connectivity index (χ0n) is 13.1. The van der Waals surface area contributed by atoms with E-state index in [1.54, 1.807) is 24.8 Å². The van der Waals surface area contributed by atoms with E-state index in [1.165, 1.54) is 0 Å². The Morgan fingerprint density at radius 1 is 1.13 bits per heavy atom. The molecule has 0 aliphatic carbocycles. The Kier molecular flexibility index (Phi) is 5.32. The average molecular weight is 311 g/mol. The molecule has 1 saturated heterocycles. The van der Waals surface area contributed by atoms with Crippen LogP contribution in [0.3, 0.4) is 0 Å². The first-order valence-corrected chi connectivity index (χ1v) is 7.98. The third kappa shape index (κ3) is 4.60. The maximum absolute atomic E-state index is 12.7. The largest absolute Gasteiger partial charge is 0.378 e. The van der Waals surface area contributed by atoms with Crippen LogP contribution in [-0.2, 0) is 22.6 Å². The summed E-state index contributed by atoms with van der Waals surface area (Å²) in [5.41, 5.74) is 2.10. The molecule has 0 radical (unpaired) electrons. The number of hydrogen-bond acceptors (Lipinski definition) is 4. The van der Waals surface area contributed by atoms with Crippen molar-refractivity contribution in [1.82, 2.24) is 14.9 Å². The lowest BCUT2D eigenvalue weighted by molar-refractivity contribution is -0.134. The van der Waals surface area contributed by atoms with Gasteiger partial charge in [0, 0.05) is 44.5 Å². The van der Waals surface area contributed by atoms with E-state index in [0.29, 0.717) is 19.5 Å². The monoisotopic (exact) mass is 311 g/mol. The number of carbonyl (C=O) groups excluding carboxylic acids is 1. The summed E-state index contributed by atoms with van der Waals surface area (Å²) in [7, 11) is 0. The number of ether oxygens (including phenoxy) is 1. The highest BCUT2D eigenvalue weighted by molar-refractivity contribution is 5.76. The van der Waals surface area contributed by atoms with E-state index in [1.807, 2.05) is 29.2 Å². The molecule has 0 N–H and O–H groups in total. The van der Waals surface area contributed by atoms with E-state index in [0.717, 1.165) is 30.6 Å². The minimum atomic E-state index is 0.0661. The van der Waals surface area contributed by atoms with Gasteiger partial charge >= 0.3 is 0 Å². The van der Waals surface area contributed by atoms with Crippen LogP contribution < -0.4 is 0 Å². The fraction of sp³-hybridized carbons (Fsp3) is 0.389. The normalized spacial score (nSPS) is 17.1. The van der Waals surface area contributed by atoms with Crippen molar-refractivity contribution in [2.45, 2.75) is 38.5 Å². The van der Waals surface area contributed by atoms with Crippen LogP contribution >= 0.6 is 0 Å². The summed E-state index contributed by atoms with van der Waals surface area (Å²) in [6, 6.07) is 7.77. The molecule has 2 aromatic rings. The van der Waals surface area contributed by atoms with Gasteiger partial charge in [0.1, 0.15) is 0 Å². The Labute approximate surface area is 136 Å². The Morgan fingerprint density at radius 2 is 1.96 bits per heavy atom. The summed E-state index contributed by atoms with van der Waals surface area (Å²) in [4.78, 5) is 22.8. The summed E-state index contributed by atoms with van der Waals surface area (Å²) >= 11 is 0. The van der Waals surface area contributed by atoms with Crippen LogP contribution in [0.4, 0.5) is 0 Å². The summed E-state index contributed by atoms with van der Waals surface area (Å²) < 4.78 is 5.60. The quantitative estimate of drug-likeness (QED) is 0.823. The van der Waals surface area contributed by atoms with Crippen LogP contribution in [0.1, 0.15) is 30.4 Å². The lowest BCUT2D eigenvalue weighted by atomic mass is 10.1. The molecule has 0 spiro atoms. The number of pyridine rings is 2. The molecule has 0 aromatic carbocycles. The fourth-order valence-electron chi connectivity index (χ4n) is 2.78. The number of aromatic nitrogens is 2. The van der Waals surface area contributed by atoms with Gasteiger partial charge in [0.2, 0.25) is 5.91 Å². The first-order chi connectivity index (χ1) is 11.3. The summed E-state index contributed by atoms with van der Waals surface area (Å²) in [5, 5.41) is 0. The lowest BCUT2D eigenvalue weighted by Crippen LogP contribution is -2.32. The molecule has 3 heterocycles. The molecule has 5 heteroatoms. The van der Waals surface area contributed by atoms with Gasteiger partial charge in [-0.2, -0.15) is 0 Å². The van der Waals surface area contributed by atoms with Gasteiger partial charge in [-0.25, -0.2) is 0 Å². The van der Waals surface area contributed by atoms with Gasteiger partial charge < -0.3 is 9.64 Å². The second-order valence-electron chi connectivity index (χ2n) is 5.81. The number of rotatable bonds is 6. The van der Waals surface area contributed by atoms with Gasteiger partial charge in [0.15, 0.2) is 0 Å². The summed E-state index contributed by atoms with van der Waals surface area (Å²) in [6.07, 6.45) is 9.59. The van der Waals surface area contributed by atoms with E-state index >= 15 is 0 Å². The van der Waals surface area contributed by atoms with E-state index in [2.05, 4.69) is 9.97 Å². The van der Waals surface area contributed by atoms with Crippen molar-refractivity contribution in [2.24, 2.45) is 0 Å². The van der Waals surface area contributed by atoms with Crippen molar-refractivity contribution in [3.63, 3.8) is 0 Å². The first-order valence-electron chi connectivity index (χ1n) is 7.98. The maximum Gasteiger partial charge on any atom is 0.225 e. The molecule has 1 aliphatic rings. The SMILES string of the molecule is O=C(C[C@@H]1CCCO1)N(Cc1ccncc1)Cc1cccnc1. The third-order valence-electron chi connectivity index (χ3n) is 4.00. The number of amides is 1. The zero-order valence-corrected chi connectivity index (χ0v) is 13.1. The van der Waals surface area contributed by atoms with Crippen LogP contribution in [0.5, 0.6) is 0 Å². The van der Waals surface area contributed by atoms with Gasteiger partial charge in [0.05, 0.1) is 12.5 Å². The predicted molar refractivity (Wildman–Crippen MR) is 86.3 cm³/mol. The summed E-state index contributed by atoms with van der Waals surface area (Å²) in [6.45, 7) is 1.90. The van der Waals surface area contributed by atoms with Crippen molar-refractivity contribution in [3.8, 4) is 0 Å². The van der Waals surface area contributed by atoms with Gasteiger partial charge in [0.25, 0.3) is 0 Å². The Morgan fingerprint density at radius 3 is 2.65 bits per heavy atom. The van der Waals surface area contributed by atoms with Crippen LogP contribution in [0.25, 0.3) is 0 Å². The molecule has 1 amide bonds. The van der Waals surface area contributed by atoms with Crippen molar-refractivity contribution in [1.29, 1.82) is 0 Å². The minimum Gasteiger partial charge on any atom is -0.378 e.